The van der Waals surface area contributed by atoms with Crippen LogP contribution < -0.4 is 9.64 Å². The van der Waals surface area contributed by atoms with Crippen LogP contribution in [-0.4, -0.2) is 43.1 Å². The van der Waals surface area contributed by atoms with Crippen LogP contribution >= 0.6 is 0 Å². The van der Waals surface area contributed by atoms with E-state index >= 15 is 0 Å². The summed E-state index contributed by atoms with van der Waals surface area (Å²) >= 11 is 0. The summed E-state index contributed by atoms with van der Waals surface area (Å²) in [5, 5.41) is 0. The monoisotopic (exact) mass is 366 g/mol. The van der Waals surface area contributed by atoms with E-state index in [1.54, 1.807) is 0 Å². The first-order chi connectivity index (χ1) is 13.0. The van der Waals surface area contributed by atoms with E-state index in [-0.39, 0.29) is 5.91 Å². The number of piperazine rings is 1. The topological polar surface area (TPSA) is 32.8 Å². The van der Waals surface area contributed by atoms with Crippen molar-refractivity contribution in [1.82, 2.24) is 4.90 Å². The van der Waals surface area contributed by atoms with Gasteiger partial charge in [-0.25, -0.2) is 0 Å². The highest BCUT2D eigenvalue weighted by atomic mass is 16.5. The van der Waals surface area contributed by atoms with E-state index in [4.69, 9.17) is 4.74 Å². The molecule has 1 fully saturated rings. The minimum atomic E-state index is -0.418. The highest BCUT2D eigenvalue weighted by Gasteiger charge is 2.28. The summed E-state index contributed by atoms with van der Waals surface area (Å²) in [7, 11) is 0. The molecule has 1 atom stereocenters. The number of para-hydroxylation sites is 1. The zero-order valence-electron chi connectivity index (χ0n) is 16.9. The number of nitrogens with zero attached hydrogens (tertiary/aromatic N) is 2. The zero-order valence-corrected chi connectivity index (χ0v) is 16.9. The van der Waals surface area contributed by atoms with Crippen molar-refractivity contribution in [1.29, 1.82) is 0 Å². The molecule has 27 heavy (non-hydrogen) atoms. The number of carbonyl (C=O) groups excluding carboxylic acids is 1. The van der Waals surface area contributed by atoms with Crippen molar-refractivity contribution in [3.8, 4) is 5.75 Å². The van der Waals surface area contributed by atoms with Gasteiger partial charge in [0.1, 0.15) is 5.75 Å². The predicted octanol–water partition coefficient (Wildman–Crippen LogP) is 4.12. The molecule has 0 aliphatic carbocycles. The van der Waals surface area contributed by atoms with Crippen molar-refractivity contribution in [2.75, 3.05) is 31.1 Å². The first kappa shape index (κ1) is 19.3. The first-order valence-corrected chi connectivity index (χ1v) is 9.83. The van der Waals surface area contributed by atoms with Gasteiger partial charge in [0.05, 0.1) is 0 Å². The Kier molecular flexibility index (Phi) is 6.04. The lowest BCUT2D eigenvalue weighted by Crippen LogP contribution is -2.52. The maximum absolute atomic E-state index is 13.0. The van der Waals surface area contributed by atoms with Gasteiger partial charge in [-0.05, 0) is 56.0 Å². The molecule has 1 aliphatic rings. The minimum Gasteiger partial charge on any atom is -0.480 e. The third kappa shape index (κ3) is 4.26. The Morgan fingerprint density at radius 1 is 0.963 bits per heavy atom. The molecule has 0 aromatic heterocycles. The molecule has 1 saturated heterocycles. The quantitative estimate of drug-likeness (QED) is 0.798. The van der Waals surface area contributed by atoms with Crippen LogP contribution in [0.25, 0.3) is 0 Å². The van der Waals surface area contributed by atoms with Crippen LogP contribution in [0.15, 0.2) is 42.5 Å². The van der Waals surface area contributed by atoms with E-state index in [1.807, 2.05) is 43.0 Å². The van der Waals surface area contributed by atoms with Gasteiger partial charge in [-0.2, -0.15) is 0 Å². The van der Waals surface area contributed by atoms with Crippen molar-refractivity contribution in [3.63, 3.8) is 0 Å². The Morgan fingerprint density at radius 2 is 1.63 bits per heavy atom. The highest BCUT2D eigenvalue weighted by molar-refractivity contribution is 5.81. The third-order valence-electron chi connectivity index (χ3n) is 5.52. The largest absolute Gasteiger partial charge is 0.480 e. The van der Waals surface area contributed by atoms with Crippen LogP contribution in [0.1, 0.15) is 30.0 Å². The molecule has 3 rings (SSSR count). The Hall–Kier alpha value is -2.49. The smallest absolute Gasteiger partial charge is 0.263 e. The second-order valence-corrected chi connectivity index (χ2v) is 7.31. The van der Waals surface area contributed by atoms with E-state index in [9.17, 15) is 4.79 Å². The molecule has 0 bridgehead atoms. The van der Waals surface area contributed by atoms with E-state index in [0.29, 0.717) is 6.42 Å². The molecule has 0 unspecified atom stereocenters. The standard InChI is InChI=1S/C23H30N2O2/c1-5-21(27-22-12-7-6-9-18(22)3)23(26)25-15-13-24(14-16-25)20-11-8-10-17(2)19(20)4/h6-12,21H,5,13-16H2,1-4H3/t21-/m0/s1. The second-order valence-electron chi connectivity index (χ2n) is 7.31. The van der Waals surface area contributed by atoms with E-state index in [1.165, 1.54) is 16.8 Å². The van der Waals surface area contributed by atoms with Crippen molar-refractivity contribution in [3.05, 3.63) is 59.2 Å². The molecule has 1 amide bonds. The molecule has 0 radical (unpaired) electrons. The lowest BCUT2D eigenvalue weighted by molar-refractivity contribution is -0.139. The Balaban J connectivity index is 1.63. The van der Waals surface area contributed by atoms with Crippen molar-refractivity contribution >= 4 is 11.6 Å². The van der Waals surface area contributed by atoms with Crippen LogP contribution in [-0.2, 0) is 4.79 Å². The Bertz CT molecular complexity index is 795. The van der Waals surface area contributed by atoms with Gasteiger partial charge in [-0.15, -0.1) is 0 Å². The SMILES string of the molecule is CC[C@H](Oc1ccccc1C)C(=O)N1CCN(c2cccc(C)c2C)CC1. The van der Waals surface area contributed by atoms with Gasteiger partial charge in [0.25, 0.3) is 5.91 Å². The lowest BCUT2D eigenvalue weighted by Gasteiger charge is -2.38. The first-order valence-electron chi connectivity index (χ1n) is 9.83. The van der Waals surface area contributed by atoms with Crippen LogP contribution in [0.4, 0.5) is 5.69 Å². The fraction of sp³-hybridized carbons (Fsp3) is 0.435. The molecule has 4 nitrogen and oxygen atoms in total. The summed E-state index contributed by atoms with van der Waals surface area (Å²) in [4.78, 5) is 17.3. The number of anilines is 1. The van der Waals surface area contributed by atoms with Gasteiger partial charge in [-0.3, -0.25) is 4.79 Å². The third-order valence-corrected chi connectivity index (χ3v) is 5.52. The van der Waals surface area contributed by atoms with E-state index in [2.05, 4.69) is 36.9 Å². The van der Waals surface area contributed by atoms with Crippen LogP contribution in [0, 0.1) is 20.8 Å². The van der Waals surface area contributed by atoms with Gasteiger partial charge >= 0.3 is 0 Å². The number of benzene rings is 2. The molecular formula is C23H30N2O2. The summed E-state index contributed by atoms with van der Waals surface area (Å²) in [5.74, 6) is 0.896. The normalized spacial score (nSPS) is 15.6. The van der Waals surface area contributed by atoms with E-state index in [0.717, 1.165) is 37.5 Å². The molecular weight excluding hydrogens is 336 g/mol. The van der Waals surface area contributed by atoms with Crippen LogP contribution in [0.2, 0.25) is 0 Å². The number of amides is 1. The van der Waals surface area contributed by atoms with Gasteiger partial charge in [-0.1, -0.05) is 37.3 Å². The number of hydrogen-bond acceptors (Lipinski definition) is 3. The van der Waals surface area contributed by atoms with Crippen LogP contribution in [0.5, 0.6) is 5.75 Å². The Morgan fingerprint density at radius 3 is 2.30 bits per heavy atom. The van der Waals surface area contributed by atoms with Crippen molar-refractivity contribution < 1.29 is 9.53 Å². The summed E-state index contributed by atoms with van der Waals surface area (Å²) in [6, 6.07) is 14.3. The number of aryl methyl sites for hydroxylation is 2. The number of rotatable bonds is 5. The fourth-order valence-electron chi connectivity index (χ4n) is 3.60. The molecule has 0 spiro atoms. The summed E-state index contributed by atoms with van der Waals surface area (Å²) in [5.41, 5.74) is 4.98. The molecule has 0 N–H and O–H groups in total. The zero-order chi connectivity index (χ0) is 19.4. The van der Waals surface area contributed by atoms with Gasteiger partial charge in [0, 0.05) is 31.9 Å². The minimum absolute atomic E-state index is 0.0985. The van der Waals surface area contributed by atoms with Crippen molar-refractivity contribution in [2.45, 2.75) is 40.2 Å². The lowest BCUT2D eigenvalue weighted by atomic mass is 10.1. The summed E-state index contributed by atoms with van der Waals surface area (Å²) < 4.78 is 6.05. The summed E-state index contributed by atoms with van der Waals surface area (Å²) in [6.07, 6.45) is 0.253. The maximum Gasteiger partial charge on any atom is 0.263 e. The average Bonchev–Trinajstić information content (AvgIpc) is 2.69. The van der Waals surface area contributed by atoms with Gasteiger partial charge in [0.2, 0.25) is 0 Å². The van der Waals surface area contributed by atoms with Gasteiger partial charge < -0.3 is 14.5 Å². The second kappa shape index (κ2) is 8.47. The molecule has 144 valence electrons. The molecule has 1 aliphatic heterocycles. The van der Waals surface area contributed by atoms with E-state index < -0.39 is 6.10 Å². The molecule has 1 heterocycles. The average molecular weight is 367 g/mol. The summed E-state index contributed by atoms with van der Waals surface area (Å²) in [6.45, 7) is 11.5. The molecule has 2 aromatic rings. The number of carbonyl (C=O) groups is 1. The van der Waals surface area contributed by atoms with Gasteiger partial charge in [0.15, 0.2) is 6.10 Å². The number of ether oxygens (including phenoxy) is 1. The van der Waals surface area contributed by atoms with Crippen molar-refractivity contribution in [2.24, 2.45) is 0 Å². The fourth-order valence-corrected chi connectivity index (χ4v) is 3.60. The Labute approximate surface area is 162 Å². The number of hydrogen-bond donors (Lipinski definition) is 0. The van der Waals surface area contributed by atoms with Crippen LogP contribution in [0.3, 0.4) is 0 Å². The highest BCUT2D eigenvalue weighted by Crippen LogP contribution is 2.25. The maximum atomic E-state index is 13.0. The molecule has 2 aromatic carbocycles. The molecule has 4 heteroatoms. The predicted molar refractivity (Wildman–Crippen MR) is 111 cm³/mol. The molecule has 0 saturated carbocycles.